The Kier molecular flexibility index (Phi) is 5.03. The fourth-order valence-corrected chi connectivity index (χ4v) is 3.31. The Morgan fingerprint density at radius 3 is 2.58 bits per heavy atom. The molecular formula is C15H15NO7S. The van der Waals surface area contributed by atoms with Crippen molar-refractivity contribution in [1.82, 2.24) is 0 Å². The number of benzene rings is 1. The molecule has 0 aliphatic rings. The molecule has 1 heterocycles. The highest BCUT2D eigenvalue weighted by Gasteiger charge is 2.27. The van der Waals surface area contributed by atoms with Crippen LogP contribution in [0.2, 0.25) is 0 Å². The van der Waals surface area contributed by atoms with Gasteiger partial charge >= 0.3 is 11.7 Å². The molecule has 0 amide bonds. The molecule has 0 bridgehead atoms. The lowest BCUT2D eigenvalue weighted by atomic mass is 10.0. The molecular weight excluding hydrogens is 338 g/mol. The fourth-order valence-electron chi connectivity index (χ4n) is 2.27. The van der Waals surface area contributed by atoms with Crippen LogP contribution in [0.1, 0.15) is 23.0 Å². The minimum Gasteiger partial charge on any atom is -0.499 e. The van der Waals surface area contributed by atoms with Crippen LogP contribution < -0.4 is 4.74 Å². The highest BCUT2D eigenvalue weighted by Crippen LogP contribution is 2.45. The molecule has 9 heteroatoms. The largest absolute Gasteiger partial charge is 0.499 e. The van der Waals surface area contributed by atoms with Crippen LogP contribution in [0.3, 0.4) is 0 Å². The van der Waals surface area contributed by atoms with E-state index in [0.717, 1.165) is 11.3 Å². The standard InChI is InChI=1S/C15H15NO7S/c1-7(15(19)23-3)4-9(17)12-5-8-11(24-12)6-10(22-2)14(18)13(8)16(20)21/h5-7,18H,4H2,1-3H3. The van der Waals surface area contributed by atoms with Gasteiger partial charge in [-0.05, 0) is 6.07 Å². The monoisotopic (exact) mass is 353 g/mol. The molecule has 0 saturated heterocycles. The van der Waals surface area contributed by atoms with E-state index in [1.54, 1.807) is 6.92 Å². The number of phenolic OH excluding ortho intramolecular Hbond substituents is 1. The predicted octanol–water partition coefficient (Wildman–Crippen LogP) is 2.91. The fraction of sp³-hybridized carbons (Fsp3) is 0.333. The summed E-state index contributed by atoms with van der Waals surface area (Å²) in [5, 5.41) is 21.3. The number of nitro groups is 1. The Labute approximate surface area is 140 Å². The van der Waals surface area contributed by atoms with Gasteiger partial charge in [-0.1, -0.05) is 6.92 Å². The van der Waals surface area contributed by atoms with Crippen molar-refractivity contribution in [2.45, 2.75) is 13.3 Å². The molecule has 2 rings (SSSR count). The van der Waals surface area contributed by atoms with Crippen molar-refractivity contribution in [1.29, 1.82) is 0 Å². The zero-order chi connectivity index (χ0) is 18.0. The highest BCUT2D eigenvalue weighted by molar-refractivity contribution is 7.21. The summed E-state index contributed by atoms with van der Waals surface area (Å²) in [6, 6.07) is 2.78. The van der Waals surface area contributed by atoms with Crippen LogP contribution in [0.15, 0.2) is 12.1 Å². The molecule has 1 aromatic heterocycles. The highest BCUT2D eigenvalue weighted by atomic mass is 32.1. The molecule has 24 heavy (non-hydrogen) atoms. The van der Waals surface area contributed by atoms with E-state index in [1.807, 2.05) is 0 Å². The van der Waals surface area contributed by atoms with Crippen LogP contribution in [-0.4, -0.2) is 36.0 Å². The first-order chi connectivity index (χ1) is 11.3. The number of hydrogen-bond acceptors (Lipinski definition) is 8. The zero-order valence-corrected chi connectivity index (χ0v) is 14.0. The summed E-state index contributed by atoms with van der Waals surface area (Å²) >= 11 is 1.04. The maximum Gasteiger partial charge on any atom is 0.323 e. The second kappa shape index (κ2) is 6.83. The van der Waals surface area contributed by atoms with Crippen molar-refractivity contribution < 1.29 is 29.1 Å². The number of nitrogens with zero attached hydrogens (tertiary/aromatic N) is 1. The molecule has 8 nitrogen and oxygen atoms in total. The third kappa shape index (κ3) is 3.16. The van der Waals surface area contributed by atoms with E-state index in [9.17, 15) is 24.8 Å². The van der Waals surface area contributed by atoms with Gasteiger partial charge < -0.3 is 14.6 Å². The molecule has 128 valence electrons. The van der Waals surface area contributed by atoms with Gasteiger partial charge in [-0.2, -0.15) is 0 Å². The molecule has 0 saturated carbocycles. The SMILES string of the molecule is COC(=O)C(C)CC(=O)c1cc2c([N+](=O)[O-])c(O)c(OC)cc2s1. The first kappa shape index (κ1) is 17.7. The number of methoxy groups -OCH3 is 2. The topological polar surface area (TPSA) is 116 Å². The Morgan fingerprint density at radius 1 is 1.38 bits per heavy atom. The van der Waals surface area contributed by atoms with Crippen LogP contribution in [-0.2, 0) is 9.53 Å². The maximum absolute atomic E-state index is 12.3. The second-order valence-electron chi connectivity index (χ2n) is 5.11. The quantitative estimate of drug-likeness (QED) is 0.367. The van der Waals surface area contributed by atoms with Gasteiger partial charge in [0.15, 0.2) is 11.5 Å². The third-order valence-electron chi connectivity index (χ3n) is 3.51. The van der Waals surface area contributed by atoms with Crippen LogP contribution in [0.5, 0.6) is 11.5 Å². The van der Waals surface area contributed by atoms with Crippen LogP contribution in [0, 0.1) is 16.0 Å². The average molecular weight is 353 g/mol. The molecule has 0 radical (unpaired) electrons. The number of Topliss-reactive ketones (excluding diaryl/α,β-unsaturated/α-hetero) is 1. The van der Waals surface area contributed by atoms with Crippen LogP contribution >= 0.6 is 11.3 Å². The van der Waals surface area contributed by atoms with Crippen molar-refractivity contribution in [3.63, 3.8) is 0 Å². The van der Waals surface area contributed by atoms with Crippen molar-refractivity contribution in [2.24, 2.45) is 5.92 Å². The number of thiophene rings is 1. The first-order valence-electron chi connectivity index (χ1n) is 6.89. The van der Waals surface area contributed by atoms with E-state index in [1.165, 1.54) is 26.4 Å². The summed E-state index contributed by atoms with van der Waals surface area (Å²) in [5.41, 5.74) is -0.513. The number of aromatic hydroxyl groups is 1. The summed E-state index contributed by atoms with van der Waals surface area (Å²) in [6.07, 6.45) is -0.0730. The Bertz CT molecular complexity index is 827. The molecule has 1 atom stereocenters. The van der Waals surface area contributed by atoms with Gasteiger partial charge in [-0.25, -0.2) is 0 Å². The maximum atomic E-state index is 12.3. The van der Waals surface area contributed by atoms with Gasteiger partial charge in [-0.3, -0.25) is 19.7 Å². The summed E-state index contributed by atoms with van der Waals surface area (Å²) < 4.78 is 9.94. The number of phenols is 1. The van der Waals surface area contributed by atoms with Crippen LogP contribution in [0.25, 0.3) is 10.1 Å². The molecule has 0 aliphatic carbocycles. The van der Waals surface area contributed by atoms with Gasteiger partial charge in [0.05, 0.1) is 35.3 Å². The zero-order valence-electron chi connectivity index (χ0n) is 13.2. The van der Waals surface area contributed by atoms with Crippen molar-refractivity contribution in [3.8, 4) is 11.5 Å². The normalized spacial score (nSPS) is 12.0. The number of ketones is 1. The van der Waals surface area contributed by atoms with E-state index in [-0.39, 0.29) is 28.2 Å². The number of carbonyl (C=O) groups excluding carboxylic acids is 2. The molecule has 1 N–H and O–H groups in total. The van der Waals surface area contributed by atoms with Crippen molar-refractivity contribution in [2.75, 3.05) is 14.2 Å². The number of fused-ring (bicyclic) bond motifs is 1. The average Bonchev–Trinajstić information content (AvgIpc) is 2.96. The molecule has 0 spiro atoms. The Morgan fingerprint density at radius 2 is 2.04 bits per heavy atom. The molecule has 1 unspecified atom stereocenters. The van der Waals surface area contributed by atoms with Gasteiger partial charge in [0.1, 0.15) is 0 Å². The molecule has 2 aromatic rings. The van der Waals surface area contributed by atoms with Gasteiger partial charge in [0.2, 0.25) is 5.75 Å². The number of rotatable bonds is 6. The molecule has 1 aromatic carbocycles. The lowest BCUT2D eigenvalue weighted by Gasteiger charge is -2.06. The van der Waals surface area contributed by atoms with Crippen LogP contribution in [0.4, 0.5) is 5.69 Å². The van der Waals surface area contributed by atoms with E-state index in [0.29, 0.717) is 4.70 Å². The summed E-state index contributed by atoms with van der Waals surface area (Å²) in [6.45, 7) is 1.56. The predicted molar refractivity (Wildman–Crippen MR) is 86.8 cm³/mol. The third-order valence-corrected chi connectivity index (χ3v) is 4.63. The van der Waals surface area contributed by atoms with E-state index >= 15 is 0 Å². The van der Waals surface area contributed by atoms with Gasteiger partial charge in [-0.15, -0.1) is 11.3 Å². The lowest BCUT2D eigenvalue weighted by Crippen LogP contribution is -2.16. The molecule has 0 aliphatic heterocycles. The second-order valence-corrected chi connectivity index (χ2v) is 6.19. The minimum absolute atomic E-state index is 0.0435. The lowest BCUT2D eigenvalue weighted by molar-refractivity contribution is -0.384. The van der Waals surface area contributed by atoms with E-state index in [4.69, 9.17) is 4.74 Å². The smallest absolute Gasteiger partial charge is 0.323 e. The molecule has 0 fully saturated rings. The first-order valence-corrected chi connectivity index (χ1v) is 7.70. The minimum atomic E-state index is -0.724. The van der Waals surface area contributed by atoms with Gasteiger partial charge in [0, 0.05) is 17.2 Å². The number of hydrogen-bond donors (Lipinski definition) is 1. The summed E-state index contributed by atoms with van der Waals surface area (Å²) in [4.78, 5) is 34.5. The summed E-state index contributed by atoms with van der Waals surface area (Å²) in [5.74, 6) is -2.09. The van der Waals surface area contributed by atoms with Gasteiger partial charge in [0.25, 0.3) is 0 Å². The Balaban J connectivity index is 2.48. The number of carbonyl (C=O) groups is 2. The van der Waals surface area contributed by atoms with E-state index in [2.05, 4.69) is 4.74 Å². The number of nitro benzene ring substituents is 1. The summed E-state index contributed by atoms with van der Waals surface area (Å²) in [7, 11) is 2.52. The van der Waals surface area contributed by atoms with Crippen molar-refractivity contribution in [3.05, 3.63) is 27.1 Å². The van der Waals surface area contributed by atoms with Crippen molar-refractivity contribution >= 4 is 38.9 Å². The number of esters is 1. The Hall–Kier alpha value is -2.68. The van der Waals surface area contributed by atoms with E-state index < -0.39 is 28.2 Å². The number of ether oxygens (including phenoxy) is 2.